The Kier molecular flexibility index (Phi) is 5.23. The molecule has 3 N–H and O–H groups in total. The molecule has 0 unspecified atom stereocenters. The van der Waals surface area contributed by atoms with Crippen molar-refractivity contribution in [2.24, 2.45) is 0 Å². The Morgan fingerprint density at radius 1 is 1.04 bits per heavy atom. The number of aromatic hydroxyl groups is 3. The average molecular weight is 371 g/mol. The van der Waals surface area contributed by atoms with Gasteiger partial charge >= 0.3 is 0 Å². The maximum Gasteiger partial charge on any atom is 0.201 e. The third-order valence-corrected chi connectivity index (χ3v) is 4.10. The molecule has 0 saturated carbocycles. The summed E-state index contributed by atoms with van der Waals surface area (Å²) in [4.78, 5) is 14.4. The number of phenols is 3. The number of rotatable bonds is 6. The van der Waals surface area contributed by atoms with Gasteiger partial charge in [0.2, 0.25) is 5.75 Å². The Morgan fingerprint density at radius 3 is 2.41 bits per heavy atom. The molecule has 0 bridgehead atoms. The molecule has 142 valence electrons. The van der Waals surface area contributed by atoms with Gasteiger partial charge in [0, 0.05) is 24.2 Å². The van der Waals surface area contributed by atoms with Gasteiger partial charge in [0.05, 0.1) is 6.61 Å². The topological polar surface area (TPSA) is 103 Å². The standard InChI is InChI=1S/C20H21NO6/c1-21(2)8-3-9-26-13-6-4-12(5-7-13)16-10-14(22)18-17(27-16)11-15(23)19(24)20(18)25/h4-7,10-11,23-25H,3,8-9H2,1-2H3. The van der Waals surface area contributed by atoms with E-state index in [1.807, 2.05) is 14.1 Å². The van der Waals surface area contributed by atoms with Crippen LogP contribution in [0.2, 0.25) is 0 Å². The lowest BCUT2D eigenvalue weighted by Gasteiger charge is -2.11. The molecular weight excluding hydrogens is 350 g/mol. The van der Waals surface area contributed by atoms with E-state index in [-0.39, 0.29) is 16.7 Å². The third-order valence-electron chi connectivity index (χ3n) is 4.10. The summed E-state index contributed by atoms with van der Waals surface area (Å²) in [5, 5.41) is 28.9. The summed E-state index contributed by atoms with van der Waals surface area (Å²) in [7, 11) is 4.01. The van der Waals surface area contributed by atoms with Crippen LogP contribution in [0.15, 0.2) is 45.6 Å². The fourth-order valence-corrected chi connectivity index (χ4v) is 2.71. The van der Waals surface area contributed by atoms with E-state index in [1.165, 1.54) is 6.07 Å². The Labute approximate surface area is 155 Å². The van der Waals surface area contributed by atoms with E-state index >= 15 is 0 Å². The SMILES string of the molecule is CN(C)CCCOc1ccc(-c2cc(=O)c3c(O)c(O)c(O)cc3o2)cc1. The van der Waals surface area contributed by atoms with Gasteiger partial charge in [0.25, 0.3) is 0 Å². The van der Waals surface area contributed by atoms with Crippen molar-refractivity contribution >= 4 is 11.0 Å². The van der Waals surface area contributed by atoms with E-state index in [9.17, 15) is 20.1 Å². The average Bonchev–Trinajstić information content (AvgIpc) is 2.63. The Hall–Kier alpha value is -3.19. The van der Waals surface area contributed by atoms with E-state index in [2.05, 4.69) is 4.90 Å². The highest BCUT2D eigenvalue weighted by Crippen LogP contribution is 2.40. The van der Waals surface area contributed by atoms with Gasteiger partial charge in [-0.05, 0) is 44.8 Å². The lowest BCUT2D eigenvalue weighted by atomic mass is 10.1. The van der Waals surface area contributed by atoms with Gasteiger partial charge in [-0.1, -0.05) is 0 Å². The molecule has 0 saturated heterocycles. The second-order valence-corrected chi connectivity index (χ2v) is 6.47. The predicted molar refractivity (Wildman–Crippen MR) is 102 cm³/mol. The molecule has 1 aromatic heterocycles. The molecule has 0 fully saturated rings. The number of ether oxygens (including phenoxy) is 1. The molecular formula is C20H21NO6. The molecule has 7 nitrogen and oxygen atoms in total. The van der Waals surface area contributed by atoms with E-state index in [0.717, 1.165) is 19.0 Å². The van der Waals surface area contributed by atoms with Crippen molar-refractivity contribution in [3.63, 3.8) is 0 Å². The second-order valence-electron chi connectivity index (χ2n) is 6.47. The summed E-state index contributed by atoms with van der Waals surface area (Å²) in [6.07, 6.45) is 0.911. The molecule has 0 amide bonds. The lowest BCUT2D eigenvalue weighted by Crippen LogP contribution is -2.15. The van der Waals surface area contributed by atoms with Crippen LogP contribution in [0.3, 0.4) is 0 Å². The van der Waals surface area contributed by atoms with Crippen LogP contribution in [-0.2, 0) is 0 Å². The van der Waals surface area contributed by atoms with E-state index < -0.39 is 22.7 Å². The van der Waals surface area contributed by atoms with Gasteiger partial charge in [-0.3, -0.25) is 4.79 Å². The Bertz CT molecular complexity index is 1010. The van der Waals surface area contributed by atoms with E-state index in [0.29, 0.717) is 17.9 Å². The second kappa shape index (κ2) is 7.59. The fraction of sp³-hybridized carbons (Fsp3) is 0.250. The van der Waals surface area contributed by atoms with Crippen LogP contribution in [0.1, 0.15) is 6.42 Å². The summed E-state index contributed by atoms with van der Waals surface area (Å²) in [6, 6.07) is 9.39. The molecule has 0 atom stereocenters. The van der Waals surface area contributed by atoms with Crippen molar-refractivity contribution in [2.45, 2.75) is 6.42 Å². The minimum Gasteiger partial charge on any atom is -0.504 e. The largest absolute Gasteiger partial charge is 0.504 e. The van der Waals surface area contributed by atoms with Crippen LogP contribution in [0.4, 0.5) is 0 Å². The Morgan fingerprint density at radius 2 is 1.74 bits per heavy atom. The number of nitrogens with zero attached hydrogens (tertiary/aromatic N) is 1. The molecule has 27 heavy (non-hydrogen) atoms. The van der Waals surface area contributed by atoms with Gasteiger partial charge in [-0.15, -0.1) is 0 Å². The van der Waals surface area contributed by atoms with Crippen LogP contribution < -0.4 is 10.2 Å². The normalized spacial score (nSPS) is 11.2. The van der Waals surface area contributed by atoms with Gasteiger partial charge in [-0.2, -0.15) is 0 Å². The Balaban J connectivity index is 1.85. The number of phenolic OH excluding ortho intramolecular Hbond substituents is 3. The van der Waals surface area contributed by atoms with Gasteiger partial charge in [-0.25, -0.2) is 0 Å². The first kappa shape index (κ1) is 18.6. The number of hydrogen-bond donors (Lipinski definition) is 3. The first-order valence-electron chi connectivity index (χ1n) is 8.46. The molecule has 0 aliphatic carbocycles. The quantitative estimate of drug-likeness (QED) is 0.452. The highest BCUT2D eigenvalue weighted by molar-refractivity contribution is 5.89. The van der Waals surface area contributed by atoms with Crippen molar-refractivity contribution < 1.29 is 24.5 Å². The molecule has 3 aromatic rings. The number of hydrogen-bond acceptors (Lipinski definition) is 7. The molecule has 0 aliphatic rings. The highest BCUT2D eigenvalue weighted by Gasteiger charge is 2.17. The number of benzene rings is 2. The monoisotopic (exact) mass is 371 g/mol. The summed E-state index contributed by atoms with van der Waals surface area (Å²) < 4.78 is 11.3. The molecule has 0 spiro atoms. The maximum atomic E-state index is 12.3. The predicted octanol–water partition coefficient (Wildman–Crippen LogP) is 2.91. The molecule has 0 aliphatic heterocycles. The summed E-state index contributed by atoms with van der Waals surface area (Å²) in [6.45, 7) is 1.54. The zero-order valence-corrected chi connectivity index (χ0v) is 15.1. The molecule has 1 heterocycles. The van der Waals surface area contributed by atoms with Crippen molar-refractivity contribution in [2.75, 3.05) is 27.2 Å². The highest BCUT2D eigenvalue weighted by atomic mass is 16.5. The van der Waals surface area contributed by atoms with Crippen molar-refractivity contribution in [3.05, 3.63) is 46.6 Å². The van der Waals surface area contributed by atoms with Gasteiger partial charge in [0.1, 0.15) is 22.5 Å². The van der Waals surface area contributed by atoms with Crippen LogP contribution in [0, 0.1) is 0 Å². The zero-order valence-electron chi connectivity index (χ0n) is 15.1. The molecule has 7 heteroatoms. The summed E-state index contributed by atoms with van der Waals surface area (Å²) in [5.41, 5.74) is 0.0964. The number of fused-ring (bicyclic) bond motifs is 1. The fourth-order valence-electron chi connectivity index (χ4n) is 2.71. The zero-order chi connectivity index (χ0) is 19.6. The smallest absolute Gasteiger partial charge is 0.201 e. The molecule has 0 radical (unpaired) electrons. The maximum absolute atomic E-state index is 12.3. The molecule has 3 rings (SSSR count). The van der Waals surface area contributed by atoms with Gasteiger partial charge < -0.3 is 29.4 Å². The van der Waals surface area contributed by atoms with E-state index in [4.69, 9.17) is 9.15 Å². The summed E-state index contributed by atoms with van der Waals surface area (Å²) >= 11 is 0. The first-order valence-corrected chi connectivity index (χ1v) is 8.46. The van der Waals surface area contributed by atoms with Crippen LogP contribution >= 0.6 is 0 Å². The first-order chi connectivity index (χ1) is 12.9. The van der Waals surface area contributed by atoms with Crippen molar-refractivity contribution in [1.29, 1.82) is 0 Å². The minimum atomic E-state index is -0.752. The lowest BCUT2D eigenvalue weighted by molar-refractivity contribution is 0.281. The minimum absolute atomic E-state index is 0.0192. The van der Waals surface area contributed by atoms with Gasteiger partial charge in [0.15, 0.2) is 16.9 Å². The molecule has 2 aromatic carbocycles. The van der Waals surface area contributed by atoms with Crippen molar-refractivity contribution in [3.8, 4) is 34.3 Å². The van der Waals surface area contributed by atoms with E-state index in [1.54, 1.807) is 24.3 Å². The van der Waals surface area contributed by atoms with Crippen LogP contribution in [0.25, 0.3) is 22.3 Å². The third kappa shape index (κ3) is 3.98. The van der Waals surface area contributed by atoms with Crippen molar-refractivity contribution in [1.82, 2.24) is 4.90 Å². The van der Waals surface area contributed by atoms with Crippen LogP contribution in [-0.4, -0.2) is 47.5 Å². The van der Waals surface area contributed by atoms with Crippen LogP contribution in [0.5, 0.6) is 23.0 Å². The summed E-state index contributed by atoms with van der Waals surface area (Å²) in [5.74, 6) is -1.04.